The fourth-order valence-electron chi connectivity index (χ4n) is 1.31. The highest BCUT2D eigenvalue weighted by atomic mass is 32.2. The lowest BCUT2D eigenvalue weighted by molar-refractivity contribution is -0.121. The van der Waals surface area contributed by atoms with Crippen LogP contribution in [0, 0.1) is 0 Å². The molecule has 1 aromatic carbocycles. The van der Waals surface area contributed by atoms with Crippen molar-refractivity contribution in [2.75, 3.05) is 0 Å². The van der Waals surface area contributed by atoms with E-state index in [9.17, 15) is 9.90 Å². The van der Waals surface area contributed by atoms with Crippen LogP contribution in [-0.2, 0) is 4.79 Å². The highest BCUT2D eigenvalue weighted by Crippen LogP contribution is 2.25. The Bertz CT molecular complexity index is 401. The normalized spacial score (nSPS) is 13.1. The first-order valence-corrected chi connectivity index (χ1v) is 7.00. The van der Waals surface area contributed by atoms with E-state index in [4.69, 9.17) is 0 Å². The quantitative estimate of drug-likeness (QED) is 0.806. The van der Waals surface area contributed by atoms with E-state index in [0.29, 0.717) is 0 Å². The summed E-state index contributed by atoms with van der Waals surface area (Å²) in [7, 11) is 0. The SMILES string of the molecule is CCC(C)(C)NC(=O)C(C)Sc1ccc(O)cc1. The molecule has 0 aliphatic rings. The molecule has 0 heterocycles. The van der Waals surface area contributed by atoms with Crippen molar-refractivity contribution in [3.8, 4) is 5.75 Å². The van der Waals surface area contributed by atoms with Crippen LogP contribution in [0.5, 0.6) is 5.75 Å². The number of phenols is 1. The van der Waals surface area contributed by atoms with Gasteiger partial charge in [0.15, 0.2) is 0 Å². The van der Waals surface area contributed by atoms with E-state index in [1.54, 1.807) is 12.1 Å². The topological polar surface area (TPSA) is 49.3 Å². The molecule has 0 bridgehead atoms. The van der Waals surface area contributed by atoms with E-state index in [1.807, 2.05) is 32.9 Å². The van der Waals surface area contributed by atoms with Gasteiger partial charge in [-0.05, 0) is 51.5 Å². The zero-order valence-corrected chi connectivity index (χ0v) is 12.2. The van der Waals surface area contributed by atoms with Gasteiger partial charge >= 0.3 is 0 Å². The molecule has 1 atom stereocenters. The Kier molecular flexibility index (Phi) is 5.08. The maximum absolute atomic E-state index is 12.0. The molecule has 0 saturated carbocycles. The smallest absolute Gasteiger partial charge is 0.233 e. The van der Waals surface area contributed by atoms with Gasteiger partial charge in [0, 0.05) is 10.4 Å². The molecule has 18 heavy (non-hydrogen) atoms. The second kappa shape index (κ2) is 6.14. The summed E-state index contributed by atoms with van der Waals surface area (Å²) in [6.07, 6.45) is 0.898. The van der Waals surface area contributed by atoms with Gasteiger partial charge in [0.2, 0.25) is 5.91 Å². The van der Waals surface area contributed by atoms with Crippen molar-refractivity contribution < 1.29 is 9.90 Å². The van der Waals surface area contributed by atoms with E-state index in [2.05, 4.69) is 12.2 Å². The fourth-order valence-corrected chi connectivity index (χ4v) is 2.17. The molecular weight excluding hydrogens is 246 g/mol. The molecular formula is C14H21NO2S. The van der Waals surface area contributed by atoms with Gasteiger partial charge < -0.3 is 10.4 Å². The first-order chi connectivity index (χ1) is 8.34. The van der Waals surface area contributed by atoms with Crippen molar-refractivity contribution in [3.05, 3.63) is 24.3 Å². The predicted octanol–water partition coefficient (Wildman–Crippen LogP) is 3.18. The van der Waals surface area contributed by atoms with E-state index < -0.39 is 0 Å². The van der Waals surface area contributed by atoms with Crippen molar-refractivity contribution in [2.24, 2.45) is 0 Å². The Morgan fingerprint density at radius 3 is 2.44 bits per heavy atom. The van der Waals surface area contributed by atoms with Crippen molar-refractivity contribution in [1.82, 2.24) is 5.32 Å². The summed E-state index contributed by atoms with van der Waals surface area (Å²) in [5, 5.41) is 12.1. The summed E-state index contributed by atoms with van der Waals surface area (Å²) >= 11 is 1.49. The number of carbonyl (C=O) groups excluding carboxylic acids is 1. The van der Waals surface area contributed by atoms with Crippen LogP contribution in [0.4, 0.5) is 0 Å². The van der Waals surface area contributed by atoms with E-state index >= 15 is 0 Å². The number of nitrogens with one attached hydrogen (secondary N) is 1. The lowest BCUT2D eigenvalue weighted by atomic mass is 10.0. The first-order valence-electron chi connectivity index (χ1n) is 6.12. The fraction of sp³-hybridized carbons (Fsp3) is 0.500. The van der Waals surface area contributed by atoms with Crippen LogP contribution in [0.25, 0.3) is 0 Å². The monoisotopic (exact) mass is 267 g/mol. The Balaban J connectivity index is 2.57. The molecule has 100 valence electrons. The minimum atomic E-state index is -0.166. The van der Waals surface area contributed by atoms with Crippen LogP contribution in [0.15, 0.2) is 29.2 Å². The lowest BCUT2D eigenvalue weighted by Crippen LogP contribution is -2.46. The second-order valence-corrected chi connectivity index (χ2v) is 6.39. The number of aromatic hydroxyl groups is 1. The summed E-state index contributed by atoms with van der Waals surface area (Å²) in [5.74, 6) is 0.281. The molecule has 4 heteroatoms. The Hall–Kier alpha value is -1.16. The molecule has 0 saturated heterocycles. The molecule has 1 amide bonds. The number of hydrogen-bond donors (Lipinski definition) is 2. The van der Waals surface area contributed by atoms with Gasteiger partial charge in [-0.15, -0.1) is 11.8 Å². The van der Waals surface area contributed by atoms with Gasteiger partial charge in [0.05, 0.1) is 5.25 Å². The lowest BCUT2D eigenvalue weighted by Gasteiger charge is -2.26. The van der Waals surface area contributed by atoms with Crippen molar-refractivity contribution in [3.63, 3.8) is 0 Å². The van der Waals surface area contributed by atoms with Crippen LogP contribution in [0.1, 0.15) is 34.1 Å². The van der Waals surface area contributed by atoms with Crippen molar-refractivity contribution in [1.29, 1.82) is 0 Å². The number of phenolic OH excluding ortho intramolecular Hbond substituents is 1. The molecule has 0 fully saturated rings. The van der Waals surface area contributed by atoms with Crippen molar-refractivity contribution >= 4 is 17.7 Å². The maximum atomic E-state index is 12.0. The first kappa shape index (κ1) is 14.9. The number of amides is 1. The largest absolute Gasteiger partial charge is 0.508 e. The van der Waals surface area contributed by atoms with Crippen LogP contribution in [0.2, 0.25) is 0 Å². The number of hydrogen-bond acceptors (Lipinski definition) is 3. The van der Waals surface area contributed by atoms with Gasteiger partial charge in [-0.25, -0.2) is 0 Å². The van der Waals surface area contributed by atoms with Gasteiger partial charge in [0.1, 0.15) is 5.75 Å². The molecule has 0 radical (unpaired) electrons. The number of carbonyl (C=O) groups is 1. The van der Waals surface area contributed by atoms with Gasteiger partial charge in [0.25, 0.3) is 0 Å². The average molecular weight is 267 g/mol. The predicted molar refractivity (Wildman–Crippen MR) is 75.9 cm³/mol. The molecule has 3 nitrogen and oxygen atoms in total. The average Bonchev–Trinajstić information content (AvgIpc) is 2.31. The number of benzene rings is 1. The molecule has 0 aliphatic carbocycles. The molecule has 1 unspecified atom stereocenters. The molecule has 1 rings (SSSR count). The summed E-state index contributed by atoms with van der Waals surface area (Å²) in [6, 6.07) is 6.88. The Labute approximate surface area is 113 Å². The molecule has 0 aliphatic heterocycles. The Morgan fingerprint density at radius 1 is 1.39 bits per heavy atom. The van der Waals surface area contributed by atoms with Gasteiger partial charge in [-0.2, -0.15) is 0 Å². The van der Waals surface area contributed by atoms with Gasteiger partial charge in [-0.1, -0.05) is 6.92 Å². The highest BCUT2D eigenvalue weighted by Gasteiger charge is 2.22. The maximum Gasteiger partial charge on any atom is 0.233 e. The third-order valence-corrected chi connectivity index (χ3v) is 3.98. The van der Waals surface area contributed by atoms with Crippen LogP contribution < -0.4 is 5.32 Å². The Morgan fingerprint density at radius 2 is 1.94 bits per heavy atom. The molecule has 0 spiro atoms. The molecule has 0 aromatic heterocycles. The second-order valence-electron chi connectivity index (χ2n) is 4.98. The van der Waals surface area contributed by atoms with Crippen LogP contribution in [-0.4, -0.2) is 21.8 Å². The minimum Gasteiger partial charge on any atom is -0.508 e. The summed E-state index contributed by atoms with van der Waals surface area (Å²) in [4.78, 5) is 13.0. The third kappa shape index (κ3) is 4.61. The third-order valence-electron chi connectivity index (χ3n) is 2.86. The van der Waals surface area contributed by atoms with E-state index in [0.717, 1.165) is 11.3 Å². The van der Waals surface area contributed by atoms with E-state index in [1.165, 1.54) is 11.8 Å². The zero-order valence-electron chi connectivity index (χ0n) is 11.4. The van der Waals surface area contributed by atoms with Gasteiger partial charge in [-0.3, -0.25) is 4.79 Å². The standard InChI is InChI=1S/C14H21NO2S/c1-5-14(3,4)15-13(17)10(2)18-12-8-6-11(16)7-9-12/h6-10,16H,5H2,1-4H3,(H,15,17). The van der Waals surface area contributed by atoms with Crippen LogP contribution in [0.3, 0.4) is 0 Å². The highest BCUT2D eigenvalue weighted by molar-refractivity contribution is 8.00. The minimum absolute atomic E-state index is 0.0416. The van der Waals surface area contributed by atoms with E-state index in [-0.39, 0.29) is 22.4 Å². The molecule has 1 aromatic rings. The summed E-state index contributed by atoms with van der Waals surface area (Å²) < 4.78 is 0. The zero-order chi connectivity index (χ0) is 13.8. The summed E-state index contributed by atoms with van der Waals surface area (Å²) in [5.41, 5.74) is -0.166. The van der Waals surface area contributed by atoms with Crippen molar-refractivity contribution in [2.45, 2.75) is 49.8 Å². The number of rotatable bonds is 5. The molecule has 2 N–H and O–H groups in total. The summed E-state index contributed by atoms with van der Waals surface area (Å²) in [6.45, 7) is 7.97. The van der Waals surface area contributed by atoms with Crippen LogP contribution >= 0.6 is 11.8 Å². The number of thioether (sulfide) groups is 1.